The van der Waals surface area contributed by atoms with Gasteiger partial charge in [-0.1, -0.05) is 66.7 Å². The quantitative estimate of drug-likeness (QED) is 0.174. The molecule has 0 atom stereocenters. The highest BCUT2D eigenvalue weighted by molar-refractivity contribution is 6.23. The molecule has 0 bridgehead atoms. The van der Waals surface area contributed by atoms with Gasteiger partial charge in [0.05, 0.1) is 0 Å². The fourth-order valence-electron chi connectivity index (χ4n) is 4.96. The van der Waals surface area contributed by atoms with E-state index >= 15 is 0 Å². The Hall–Kier alpha value is -3.85. The molecule has 9 heteroatoms. The Morgan fingerprint density at radius 3 is 1.87 bits per heavy atom. The summed E-state index contributed by atoms with van der Waals surface area (Å²) in [5, 5.41) is 18.8. The molecule has 0 unspecified atom stereocenters. The van der Waals surface area contributed by atoms with Crippen LogP contribution < -0.4 is 5.32 Å². The molecule has 0 heterocycles. The Morgan fingerprint density at radius 1 is 0.711 bits per heavy atom. The number of carbonyl (C=O) groups is 1. The van der Waals surface area contributed by atoms with Crippen molar-refractivity contribution in [2.24, 2.45) is 0 Å². The number of alkyl halides is 6. The average Bonchev–Trinajstić information content (AvgIpc) is 2.86. The molecule has 0 aliphatic heterocycles. The summed E-state index contributed by atoms with van der Waals surface area (Å²) in [4.78, 5) is 12.4. The third kappa shape index (κ3) is 4.30. The number of anilines is 1. The number of hydrogen-bond acceptors (Lipinski definition) is 2. The van der Waals surface area contributed by atoms with Crippen molar-refractivity contribution in [3.05, 3.63) is 90.0 Å². The maximum atomic E-state index is 13.1. The van der Waals surface area contributed by atoms with Crippen LogP contribution in [0.2, 0.25) is 0 Å². The van der Waals surface area contributed by atoms with Gasteiger partial charge in [-0.15, -0.1) is 0 Å². The Kier molecular flexibility index (Phi) is 6.22. The molecule has 5 aromatic rings. The topological polar surface area (TPSA) is 49.3 Å². The second kappa shape index (κ2) is 9.16. The highest BCUT2D eigenvalue weighted by Gasteiger charge is 2.71. The molecular weight excluding hydrogens is 508 g/mol. The van der Waals surface area contributed by atoms with E-state index in [-0.39, 0.29) is 12.1 Å². The lowest BCUT2D eigenvalue weighted by Gasteiger charge is -2.32. The number of amides is 1. The summed E-state index contributed by atoms with van der Waals surface area (Å²) in [6.45, 7) is 0. The van der Waals surface area contributed by atoms with E-state index in [2.05, 4.69) is 41.7 Å². The van der Waals surface area contributed by atoms with E-state index in [4.69, 9.17) is 0 Å². The molecule has 196 valence electrons. The molecule has 3 nitrogen and oxygen atoms in total. The first kappa shape index (κ1) is 25.8. The summed E-state index contributed by atoms with van der Waals surface area (Å²) >= 11 is 0. The lowest BCUT2D eigenvalue weighted by Crippen LogP contribution is -2.53. The van der Waals surface area contributed by atoms with E-state index < -0.39 is 29.4 Å². The van der Waals surface area contributed by atoms with E-state index in [0.29, 0.717) is 25.0 Å². The van der Waals surface area contributed by atoms with Gasteiger partial charge in [-0.25, -0.2) is 0 Å². The second-order valence-electron chi connectivity index (χ2n) is 9.27. The van der Waals surface area contributed by atoms with Gasteiger partial charge in [-0.3, -0.25) is 4.79 Å². The van der Waals surface area contributed by atoms with Crippen LogP contribution in [0.25, 0.3) is 32.3 Å². The van der Waals surface area contributed by atoms with Crippen molar-refractivity contribution in [3.8, 4) is 0 Å². The van der Waals surface area contributed by atoms with Gasteiger partial charge in [0.1, 0.15) is 0 Å². The molecule has 0 spiro atoms. The highest BCUT2D eigenvalue weighted by Crippen LogP contribution is 2.50. The van der Waals surface area contributed by atoms with E-state index in [1.165, 1.54) is 10.8 Å². The first-order chi connectivity index (χ1) is 17.9. The van der Waals surface area contributed by atoms with Crippen molar-refractivity contribution >= 4 is 43.9 Å². The van der Waals surface area contributed by atoms with E-state index in [9.17, 15) is 36.2 Å². The molecule has 0 radical (unpaired) electrons. The van der Waals surface area contributed by atoms with Crippen molar-refractivity contribution < 1.29 is 36.2 Å². The van der Waals surface area contributed by atoms with E-state index in [1.807, 2.05) is 18.2 Å². The number of hydrogen-bond donors (Lipinski definition) is 2. The fraction of sp³-hybridized carbons (Fsp3) is 0.207. The first-order valence-electron chi connectivity index (χ1n) is 11.8. The van der Waals surface area contributed by atoms with Crippen molar-refractivity contribution in [3.63, 3.8) is 0 Å². The van der Waals surface area contributed by atoms with Crippen LogP contribution >= 0.6 is 0 Å². The van der Waals surface area contributed by atoms with Crippen LogP contribution in [-0.2, 0) is 16.8 Å². The highest BCUT2D eigenvalue weighted by atomic mass is 19.4. The molecule has 1 amide bonds. The number of aliphatic hydroxyl groups is 1. The molecule has 5 aromatic carbocycles. The van der Waals surface area contributed by atoms with Gasteiger partial charge in [0.25, 0.3) is 5.60 Å². The zero-order valence-corrected chi connectivity index (χ0v) is 19.8. The fourth-order valence-corrected chi connectivity index (χ4v) is 4.96. The van der Waals surface area contributed by atoms with Crippen LogP contribution in [0, 0.1) is 0 Å². The summed E-state index contributed by atoms with van der Waals surface area (Å²) in [5.41, 5.74) is -5.30. The smallest absolute Gasteiger partial charge is 0.369 e. The second-order valence-corrected chi connectivity index (χ2v) is 9.27. The minimum atomic E-state index is -5.97. The van der Waals surface area contributed by atoms with Gasteiger partial charge < -0.3 is 10.4 Å². The number of carbonyl (C=O) groups excluding carboxylic acids is 1. The van der Waals surface area contributed by atoms with Crippen molar-refractivity contribution in [2.75, 3.05) is 5.32 Å². The van der Waals surface area contributed by atoms with Crippen LogP contribution in [0.1, 0.15) is 24.0 Å². The Morgan fingerprint density at radius 2 is 1.26 bits per heavy atom. The predicted octanol–water partition coefficient (Wildman–Crippen LogP) is 7.86. The number of nitrogens with one attached hydrogen (secondary N) is 1. The van der Waals surface area contributed by atoms with Crippen LogP contribution in [-0.4, -0.2) is 23.4 Å². The van der Waals surface area contributed by atoms with Gasteiger partial charge in [-0.2, -0.15) is 26.3 Å². The molecule has 0 aliphatic carbocycles. The zero-order valence-electron chi connectivity index (χ0n) is 19.8. The Balaban J connectivity index is 1.27. The molecule has 38 heavy (non-hydrogen) atoms. The number of rotatable bonds is 6. The Bertz CT molecular complexity index is 1590. The van der Waals surface area contributed by atoms with Crippen molar-refractivity contribution in [1.82, 2.24) is 0 Å². The molecule has 0 aliphatic rings. The van der Waals surface area contributed by atoms with Gasteiger partial charge in [0, 0.05) is 17.7 Å². The van der Waals surface area contributed by atoms with E-state index in [0.717, 1.165) is 39.2 Å². The number of halogens is 6. The summed E-state index contributed by atoms with van der Waals surface area (Å²) in [6, 6.07) is 21.3. The molecule has 0 fully saturated rings. The van der Waals surface area contributed by atoms with Gasteiger partial charge in [-0.05, 0) is 62.9 Å². The zero-order chi connectivity index (χ0) is 27.3. The van der Waals surface area contributed by atoms with Crippen LogP contribution in [0.4, 0.5) is 32.0 Å². The normalized spacial score (nSPS) is 13.0. The molecule has 2 N–H and O–H groups in total. The third-order valence-electron chi connectivity index (χ3n) is 6.88. The van der Waals surface area contributed by atoms with Crippen LogP contribution in [0.5, 0.6) is 0 Å². The SMILES string of the molecule is O=C(CCCc1ccc2ccc3cccc4ccc1c2c34)Nc1ccc(C(O)(C(F)(F)F)C(F)(F)F)cc1. The van der Waals surface area contributed by atoms with Crippen molar-refractivity contribution in [2.45, 2.75) is 37.2 Å². The van der Waals surface area contributed by atoms with Gasteiger partial charge in [0.15, 0.2) is 0 Å². The number of aryl methyl sites for hydroxylation is 1. The lowest BCUT2D eigenvalue weighted by atomic mass is 9.90. The monoisotopic (exact) mass is 529 g/mol. The minimum Gasteiger partial charge on any atom is -0.369 e. The average molecular weight is 529 g/mol. The van der Waals surface area contributed by atoms with E-state index in [1.54, 1.807) is 0 Å². The number of benzene rings is 5. The largest absolute Gasteiger partial charge is 0.430 e. The molecular formula is C29H21F6NO2. The van der Waals surface area contributed by atoms with Gasteiger partial charge in [0.2, 0.25) is 5.91 Å². The third-order valence-corrected chi connectivity index (χ3v) is 6.88. The maximum absolute atomic E-state index is 13.1. The molecule has 0 aromatic heterocycles. The summed E-state index contributed by atoms with van der Waals surface area (Å²) in [6.07, 6.45) is -10.8. The predicted molar refractivity (Wildman–Crippen MR) is 134 cm³/mol. The van der Waals surface area contributed by atoms with Crippen LogP contribution in [0.15, 0.2) is 78.9 Å². The Labute approximate surface area is 213 Å². The molecule has 0 saturated carbocycles. The lowest BCUT2D eigenvalue weighted by molar-refractivity contribution is -0.376. The summed E-state index contributed by atoms with van der Waals surface area (Å²) in [7, 11) is 0. The first-order valence-corrected chi connectivity index (χ1v) is 11.8. The van der Waals surface area contributed by atoms with Crippen molar-refractivity contribution in [1.29, 1.82) is 0 Å². The summed E-state index contributed by atoms with van der Waals surface area (Å²) < 4.78 is 78.3. The van der Waals surface area contributed by atoms with Crippen LogP contribution in [0.3, 0.4) is 0 Å². The minimum absolute atomic E-state index is 0.0215. The van der Waals surface area contributed by atoms with Gasteiger partial charge >= 0.3 is 12.4 Å². The maximum Gasteiger partial charge on any atom is 0.430 e. The molecule has 5 rings (SSSR count). The standard InChI is InChI=1S/C29H21F6NO2/c30-28(31,32)27(38,29(33,34)35)21-12-14-22(15-13-21)36-24(37)6-2-3-17-7-8-20-10-9-18-4-1-5-19-11-16-23(17)26(20)25(18)19/h1,4-5,7-16,38H,2-3,6H2,(H,36,37). The molecule has 0 saturated heterocycles. The summed E-state index contributed by atoms with van der Waals surface area (Å²) in [5.74, 6) is -0.433.